The third-order valence-electron chi connectivity index (χ3n) is 3.90. The largest absolute Gasteiger partial charge is 0.386 e. The Morgan fingerprint density at radius 2 is 1.94 bits per heavy atom. The average Bonchev–Trinajstić information content (AvgIpc) is 2.76. The van der Waals surface area contributed by atoms with Crippen LogP contribution in [0.1, 0.15) is 59.3 Å². The standard InChI is InChI=1S/C14H29N3/c1-4-13(14(15)16)17(10-9-11(2)3)12-7-5-6-8-12/h11-13H,4-10H2,1-3H3,(H3,15,16). The summed E-state index contributed by atoms with van der Waals surface area (Å²) >= 11 is 0. The Balaban J connectivity index is 2.65. The van der Waals surface area contributed by atoms with E-state index < -0.39 is 0 Å². The van der Waals surface area contributed by atoms with Gasteiger partial charge in [0, 0.05) is 6.04 Å². The minimum absolute atomic E-state index is 0.164. The molecule has 1 aliphatic carbocycles. The number of nitrogens with one attached hydrogen (secondary N) is 1. The van der Waals surface area contributed by atoms with Gasteiger partial charge in [0.05, 0.1) is 6.04 Å². The van der Waals surface area contributed by atoms with E-state index in [-0.39, 0.29) is 6.04 Å². The maximum atomic E-state index is 7.77. The Kier molecular flexibility index (Phi) is 5.96. The Labute approximate surface area is 106 Å². The molecule has 3 nitrogen and oxygen atoms in total. The molecule has 17 heavy (non-hydrogen) atoms. The van der Waals surface area contributed by atoms with Gasteiger partial charge in [-0.25, -0.2) is 0 Å². The van der Waals surface area contributed by atoms with Crippen LogP contribution in [0.3, 0.4) is 0 Å². The first-order valence-corrected chi connectivity index (χ1v) is 7.15. The molecule has 1 rings (SSSR count). The van der Waals surface area contributed by atoms with Crippen LogP contribution in [0.2, 0.25) is 0 Å². The monoisotopic (exact) mass is 239 g/mol. The first kappa shape index (κ1) is 14.5. The van der Waals surface area contributed by atoms with Gasteiger partial charge in [0.2, 0.25) is 0 Å². The number of nitrogens with zero attached hydrogens (tertiary/aromatic N) is 1. The van der Waals surface area contributed by atoms with Crippen molar-refractivity contribution in [2.75, 3.05) is 6.54 Å². The van der Waals surface area contributed by atoms with Crippen molar-refractivity contribution in [3.8, 4) is 0 Å². The molecule has 0 radical (unpaired) electrons. The van der Waals surface area contributed by atoms with E-state index in [4.69, 9.17) is 11.1 Å². The quantitative estimate of drug-likeness (QED) is 0.530. The van der Waals surface area contributed by atoms with Crippen molar-refractivity contribution >= 4 is 5.84 Å². The SMILES string of the molecule is CCC(C(=N)N)N(CCC(C)C)C1CCCC1. The molecular formula is C14H29N3. The number of amidine groups is 1. The van der Waals surface area contributed by atoms with Gasteiger partial charge in [-0.15, -0.1) is 0 Å². The van der Waals surface area contributed by atoms with Crippen molar-refractivity contribution in [1.29, 1.82) is 5.41 Å². The van der Waals surface area contributed by atoms with Gasteiger partial charge < -0.3 is 5.73 Å². The molecule has 0 aromatic carbocycles. The highest BCUT2D eigenvalue weighted by molar-refractivity contribution is 5.82. The molecule has 0 aliphatic heterocycles. The molecule has 0 bridgehead atoms. The Morgan fingerprint density at radius 1 is 1.35 bits per heavy atom. The summed E-state index contributed by atoms with van der Waals surface area (Å²) < 4.78 is 0. The van der Waals surface area contributed by atoms with Crippen LogP contribution in [0.4, 0.5) is 0 Å². The van der Waals surface area contributed by atoms with Crippen LogP contribution in [-0.4, -0.2) is 29.4 Å². The van der Waals surface area contributed by atoms with Crippen LogP contribution < -0.4 is 5.73 Å². The Morgan fingerprint density at radius 3 is 2.35 bits per heavy atom. The van der Waals surface area contributed by atoms with Crippen molar-refractivity contribution in [3.05, 3.63) is 0 Å². The average molecular weight is 239 g/mol. The van der Waals surface area contributed by atoms with Gasteiger partial charge in [0.1, 0.15) is 5.84 Å². The van der Waals surface area contributed by atoms with Crippen LogP contribution in [0, 0.1) is 11.3 Å². The molecule has 1 atom stereocenters. The number of hydrogen-bond acceptors (Lipinski definition) is 2. The zero-order chi connectivity index (χ0) is 12.8. The van der Waals surface area contributed by atoms with E-state index in [1.807, 2.05) is 0 Å². The van der Waals surface area contributed by atoms with Crippen LogP contribution in [0.25, 0.3) is 0 Å². The van der Waals surface area contributed by atoms with E-state index in [1.54, 1.807) is 0 Å². The smallest absolute Gasteiger partial charge is 0.108 e. The van der Waals surface area contributed by atoms with Crippen LogP contribution in [0.15, 0.2) is 0 Å². The van der Waals surface area contributed by atoms with Crippen LogP contribution in [-0.2, 0) is 0 Å². The van der Waals surface area contributed by atoms with Crippen molar-refractivity contribution in [2.24, 2.45) is 11.7 Å². The van der Waals surface area contributed by atoms with E-state index in [0.717, 1.165) is 18.9 Å². The van der Waals surface area contributed by atoms with Gasteiger partial charge in [0.15, 0.2) is 0 Å². The summed E-state index contributed by atoms with van der Waals surface area (Å²) in [5.74, 6) is 1.08. The maximum absolute atomic E-state index is 7.77. The van der Waals surface area contributed by atoms with Gasteiger partial charge in [-0.3, -0.25) is 10.3 Å². The minimum atomic E-state index is 0.164. The van der Waals surface area contributed by atoms with Gasteiger partial charge in [-0.05, 0) is 38.1 Å². The molecule has 0 spiro atoms. The van der Waals surface area contributed by atoms with Gasteiger partial charge in [0.25, 0.3) is 0 Å². The third-order valence-corrected chi connectivity index (χ3v) is 3.90. The topological polar surface area (TPSA) is 53.1 Å². The highest BCUT2D eigenvalue weighted by Gasteiger charge is 2.29. The predicted molar refractivity (Wildman–Crippen MR) is 74.4 cm³/mol. The van der Waals surface area contributed by atoms with Gasteiger partial charge >= 0.3 is 0 Å². The fourth-order valence-electron chi connectivity index (χ4n) is 2.87. The zero-order valence-electron chi connectivity index (χ0n) is 11.7. The molecule has 1 unspecified atom stereocenters. The fourth-order valence-corrected chi connectivity index (χ4v) is 2.87. The van der Waals surface area contributed by atoms with Crippen LogP contribution in [0.5, 0.6) is 0 Å². The fraction of sp³-hybridized carbons (Fsp3) is 0.929. The maximum Gasteiger partial charge on any atom is 0.108 e. The number of hydrogen-bond donors (Lipinski definition) is 2. The zero-order valence-corrected chi connectivity index (χ0v) is 11.7. The van der Waals surface area contributed by atoms with Crippen molar-refractivity contribution < 1.29 is 0 Å². The normalized spacial score (nSPS) is 19.1. The minimum Gasteiger partial charge on any atom is -0.386 e. The van der Waals surface area contributed by atoms with Gasteiger partial charge in [-0.2, -0.15) is 0 Å². The molecule has 1 aliphatic rings. The summed E-state index contributed by atoms with van der Waals surface area (Å²) in [5, 5.41) is 7.77. The van der Waals surface area contributed by atoms with E-state index in [1.165, 1.54) is 32.1 Å². The van der Waals surface area contributed by atoms with E-state index in [9.17, 15) is 0 Å². The van der Waals surface area contributed by atoms with Crippen molar-refractivity contribution in [2.45, 2.75) is 71.4 Å². The third kappa shape index (κ3) is 4.30. The molecular weight excluding hydrogens is 210 g/mol. The highest BCUT2D eigenvalue weighted by Crippen LogP contribution is 2.26. The van der Waals surface area contributed by atoms with Crippen molar-refractivity contribution in [1.82, 2.24) is 4.90 Å². The second-order valence-electron chi connectivity index (χ2n) is 5.74. The molecule has 0 aromatic rings. The lowest BCUT2D eigenvalue weighted by Gasteiger charge is -2.35. The molecule has 0 amide bonds. The summed E-state index contributed by atoms with van der Waals surface area (Å²) in [7, 11) is 0. The van der Waals surface area contributed by atoms with Crippen molar-refractivity contribution in [3.63, 3.8) is 0 Å². The Hall–Kier alpha value is -0.570. The molecule has 1 saturated carbocycles. The lowest BCUT2D eigenvalue weighted by atomic mass is 10.0. The van der Waals surface area contributed by atoms with E-state index in [2.05, 4.69) is 25.7 Å². The highest BCUT2D eigenvalue weighted by atomic mass is 15.2. The first-order chi connectivity index (χ1) is 8.06. The molecule has 1 fully saturated rings. The van der Waals surface area contributed by atoms with Gasteiger partial charge in [-0.1, -0.05) is 33.6 Å². The van der Waals surface area contributed by atoms with E-state index >= 15 is 0 Å². The second kappa shape index (κ2) is 7.00. The second-order valence-corrected chi connectivity index (χ2v) is 5.74. The molecule has 0 aromatic heterocycles. The molecule has 100 valence electrons. The first-order valence-electron chi connectivity index (χ1n) is 7.15. The lowest BCUT2D eigenvalue weighted by molar-refractivity contribution is 0.158. The summed E-state index contributed by atoms with van der Waals surface area (Å²) in [6.07, 6.45) is 7.45. The van der Waals surface area contributed by atoms with E-state index in [0.29, 0.717) is 11.9 Å². The summed E-state index contributed by atoms with van der Waals surface area (Å²) in [6, 6.07) is 0.833. The number of rotatable bonds is 7. The lowest BCUT2D eigenvalue weighted by Crippen LogP contribution is -2.49. The number of nitrogens with two attached hydrogens (primary N) is 1. The molecule has 0 saturated heterocycles. The summed E-state index contributed by atoms with van der Waals surface area (Å²) in [5.41, 5.74) is 5.76. The predicted octanol–water partition coefficient (Wildman–Crippen LogP) is 2.99. The summed E-state index contributed by atoms with van der Waals surface area (Å²) in [4.78, 5) is 2.51. The Bertz CT molecular complexity index is 232. The molecule has 3 N–H and O–H groups in total. The molecule has 0 heterocycles. The van der Waals surface area contributed by atoms with Crippen LogP contribution >= 0.6 is 0 Å². The molecule has 3 heteroatoms. The summed E-state index contributed by atoms with van der Waals surface area (Å²) in [6.45, 7) is 7.77.